The molecule has 0 bridgehead atoms. The lowest BCUT2D eigenvalue weighted by atomic mass is 9.92. The summed E-state index contributed by atoms with van der Waals surface area (Å²) in [5, 5.41) is 3.04. The van der Waals surface area contributed by atoms with Crippen molar-refractivity contribution >= 4 is 21.6 Å². The fourth-order valence-electron chi connectivity index (χ4n) is 2.90. The summed E-state index contributed by atoms with van der Waals surface area (Å²) in [6, 6.07) is 6.10. The average Bonchev–Trinajstić information content (AvgIpc) is 2.53. The molecule has 0 radical (unpaired) electrons. The van der Waals surface area contributed by atoms with Gasteiger partial charge in [-0.1, -0.05) is 59.2 Å². The Morgan fingerprint density at radius 2 is 1.62 bits per heavy atom. The van der Waals surface area contributed by atoms with Gasteiger partial charge in [-0.3, -0.25) is 4.79 Å². The maximum atomic E-state index is 12.5. The molecule has 1 rings (SSSR count). The van der Waals surface area contributed by atoms with E-state index < -0.39 is 10.0 Å². The van der Waals surface area contributed by atoms with E-state index in [0.29, 0.717) is 18.4 Å². The van der Waals surface area contributed by atoms with Gasteiger partial charge in [0.2, 0.25) is 15.9 Å². The monoisotopic (exact) mass is 382 g/mol. The van der Waals surface area contributed by atoms with Crippen LogP contribution in [0.25, 0.3) is 0 Å². The van der Waals surface area contributed by atoms with Gasteiger partial charge in [-0.25, -0.2) is 12.7 Å². The zero-order valence-corrected chi connectivity index (χ0v) is 17.8. The van der Waals surface area contributed by atoms with Crippen LogP contribution in [0.4, 0.5) is 5.69 Å². The first kappa shape index (κ1) is 22.6. The molecule has 1 aromatic carbocycles. The van der Waals surface area contributed by atoms with E-state index in [0.717, 1.165) is 29.7 Å². The van der Waals surface area contributed by atoms with Gasteiger partial charge >= 0.3 is 0 Å². The van der Waals surface area contributed by atoms with E-state index in [-0.39, 0.29) is 18.9 Å². The standard InChI is InChI=1S/C20H34N2O3S/c1-7-8-13-22(26(6,24)25)14-12-19(23)21-20-17(15(2)3)10-9-11-18(20)16(4)5/h9-11,15-16H,7-8,12-14H2,1-6H3,(H,21,23). The van der Waals surface area contributed by atoms with Gasteiger partial charge in [-0.15, -0.1) is 0 Å². The first-order valence-electron chi connectivity index (χ1n) is 9.45. The molecule has 5 nitrogen and oxygen atoms in total. The maximum Gasteiger partial charge on any atom is 0.225 e. The SMILES string of the molecule is CCCCN(CCC(=O)Nc1c(C(C)C)cccc1C(C)C)S(C)(=O)=O. The van der Waals surface area contributed by atoms with Crippen molar-refractivity contribution in [1.82, 2.24) is 4.31 Å². The molecule has 0 unspecified atom stereocenters. The Bertz CT molecular complexity index is 671. The van der Waals surface area contributed by atoms with Gasteiger partial charge in [0, 0.05) is 25.2 Å². The van der Waals surface area contributed by atoms with Gasteiger partial charge in [0.15, 0.2) is 0 Å². The van der Waals surface area contributed by atoms with Crippen molar-refractivity contribution in [2.75, 3.05) is 24.7 Å². The number of sulfonamides is 1. The number of anilines is 1. The van der Waals surface area contributed by atoms with Crippen LogP contribution < -0.4 is 5.32 Å². The number of para-hydroxylation sites is 1. The van der Waals surface area contributed by atoms with Crippen molar-refractivity contribution in [2.24, 2.45) is 0 Å². The summed E-state index contributed by atoms with van der Waals surface area (Å²) in [7, 11) is -3.30. The van der Waals surface area contributed by atoms with Gasteiger partial charge in [-0.2, -0.15) is 0 Å². The third kappa shape index (κ3) is 6.72. The number of unbranched alkanes of at least 4 members (excludes halogenated alkanes) is 1. The maximum absolute atomic E-state index is 12.5. The van der Waals surface area contributed by atoms with Gasteiger partial charge in [0.1, 0.15) is 0 Å². The predicted octanol–water partition coefficient (Wildman–Crippen LogP) is 4.32. The Balaban J connectivity index is 2.90. The van der Waals surface area contributed by atoms with Crippen LogP contribution in [0, 0.1) is 0 Å². The number of amides is 1. The second-order valence-corrected chi connectivity index (χ2v) is 9.42. The van der Waals surface area contributed by atoms with Gasteiger partial charge in [0.25, 0.3) is 0 Å². The molecule has 0 spiro atoms. The summed E-state index contributed by atoms with van der Waals surface area (Å²) in [5.41, 5.74) is 3.09. The third-order valence-corrected chi connectivity index (χ3v) is 5.76. The minimum atomic E-state index is -3.30. The van der Waals surface area contributed by atoms with E-state index in [4.69, 9.17) is 0 Å². The van der Waals surface area contributed by atoms with Gasteiger partial charge < -0.3 is 5.32 Å². The predicted molar refractivity (Wildman–Crippen MR) is 109 cm³/mol. The number of rotatable bonds is 10. The zero-order valence-electron chi connectivity index (χ0n) is 17.0. The fraction of sp³-hybridized carbons (Fsp3) is 0.650. The van der Waals surface area contributed by atoms with Gasteiger partial charge in [0.05, 0.1) is 6.26 Å². The highest BCUT2D eigenvalue weighted by Gasteiger charge is 2.19. The molecule has 148 valence electrons. The van der Waals surface area contributed by atoms with Crippen molar-refractivity contribution in [3.8, 4) is 0 Å². The van der Waals surface area contributed by atoms with Crippen molar-refractivity contribution in [3.05, 3.63) is 29.3 Å². The molecule has 1 aromatic rings. The van der Waals surface area contributed by atoms with Crippen LogP contribution in [-0.2, 0) is 14.8 Å². The van der Waals surface area contributed by atoms with E-state index in [1.807, 2.05) is 25.1 Å². The molecule has 0 aliphatic carbocycles. The number of nitrogens with zero attached hydrogens (tertiary/aromatic N) is 1. The van der Waals surface area contributed by atoms with Crippen LogP contribution in [0.1, 0.15) is 76.8 Å². The minimum Gasteiger partial charge on any atom is -0.326 e. The molecule has 0 heterocycles. The summed E-state index contributed by atoms with van der Waals surface area (Å²) in [4.78, 5) is 12.5. The van der Waals surface area contributed by atoms with E-state index >= 15 is 0 Å². The van der Waals surface area contributed by atoms with Crippen LogP contribution in [0.15, 0.2) is 18.2 Å². The smallest absolute Gasteiger partial charge is 0.225 e. The summed E-state index contributed by atoms with van der Waals surface area (Å²) in [6.07, 6.45) is 3.06. The lowest BCUT2D eigenvalue weighted by molar-refractivity contribution is -0.116. The van der Waals surface area contributed by atoms with Crippen molar-refractivity contribution < 1.29 is 13.2 Å². The van der Waals surface area contributed by atoms with Crippen LogP contribution in [-0.4, -0.2) is 38.0 Å². The lowest BCUT2D eigenvalue weighted by Crippen LogP contribution is -2.34. The molecule has 0 aliphatic heterocycles. The normalized spacial score (nSPS) is 12.2. The number of hydrogen-bond acceptors (Lipinski definition) is 3. The summed E-state index contributed by atoms with van der Waals surface area (Å²) in [6.45, 7) is 11.1. The first-order valence-corrected chi connectivity index (χ1v) is 11.3. The topological polar surface area (TPSA) is 66.5 Å². The van der Waals surface area contributed by atoms with Crippen molar-refractivity contribution in [3.63, 3.8) is 0 Å². The Morgan fingerprint density at radius 1 is 1.08 bits per heavy atom. The third-order valence-electron chi connectivity index (χ3n) is 4.46. The second kappa shape index (κ2) is 10.1. The van der Waals surface area contributed by atoms with Gasteiger partial charge in [-0.05, 0) is 29.4 Å². The first-order chi connectivity index (χ1) is 12.1. The van der Waals surface area contributed by atoms with E-state index in [1.165, 1.54) is 10.6 Å². The van der Waals surface area contributed by atoms with E-state index in [1.54, 1.807) is 0 Å². The number of nitrogens with one attached hydrogen (secondary N) is 1. The molecule has 0 fully saturated rings. The Kier molecular flexibility index (Phi) is 8.77. The Morgan fingerprint density at radius 3 is 2.04 bits per heavy atom. The molecular weight excluding hydrogens is 348 g/mol. The number of benzene rings is 1. The highest BCUT2D eigenvalue weighted by molar-refractivity contribution is 7.88. The Hall–Kier alpha value is -1.40. The molecule has 0 aliphatic rings. The molecule has 0 saturated heterocycles. The lowest BCUT2D eigenvalue weighted by Gasteiger charge is -2.22. The Labute approximate surface area is 159 Å². The number of hydrogen-bond donors (Lipinski definition) is 1. The minimum absolute atomic E-state index is 0.148. The number of carbonyl (C=O) groups is 1. The molecular formula is C20H34N2O3S. The van der Waals surface area contributed by atoms with E-state index in [9.17, 15) is 13.2 Å². The highest BCUT2D eigenvalue weighted by Crippen LogP contribution is 2.32. The van der Waals surface area contributed by atoms with Crippen LogP contribution in [0.3, 0.4) is 0 Å². The molecule has 1 N–H and O–H groups in total. The summed E-state index contributed by atoms with van der Waals surface area (Å²) < 4.78 is 25.2. The highest BCUT2D eigenvalue weighted by atomic mass is 32.2. The second-order valence-electron chi connectivity index (χ2n) is 7.43. The fourth-order valence-corrected chi connectivity index (χ4v) is 3.79. The summed E-state index contributed by atoms with van der Waals surface area (Å²) in [5.74, 6) is 0.437. The van der Waals surface area contributed by atoms with E-state index in [2.05, 4.69) is 33.0 Å². The van der Waals surface area contributed by atoms with Crippen LogP contribution in [0.2, 0.25) is 0 Å². The molecule has 26 heavy (non-hydrogen) atoms. The zero-order chi connectivity index (χ0) is 19.9. The summed E-state index contributed by atoms with van der Waals surface area (Å²) >= 11 is 0. The molecule has 0 aromatic heterocycles. The molecule has 0 atom stereocenters. The molecule has 6 heteroatoms. The molecule has 0 saturated carbocycles. The largest absolute Gasteiger partial charge is 0.326 e. The number of carbonyl (C=O) groups excluding carboxylic acids is 1. The molecule has 1 amide bonds. The van der Waals surface area contributed by atoms with Crippen molar-refractivity contribution in [1.29, 1.82) is 0 Å². The van der Waals surface area contributed by atoms with Crippen LogP contribution >= 0.6 is 0 Å². The van der Waals surface area contributed by atoms with Crippen LogP contribution in [0.5, 0.6) is 0 Å². The van der Waals surface area contributed by atoms with Crippen molar-refractivity contribution in [2.45, 2.75) is 65.7 Å². The average molecular weight is 383 g/mol. The quantitative estimate of drug-likeness (QED) is 0.655.